The lowest BCUT2D eigenvalue weighted by atomic mass is 10.0. The first kappa shape index (κ1) is 14.2. The maximum Gasteiger partial charge on any atom is 0.0417 e. The van der Waals surface area contributed by atoms with E-state index in [4.69, 9.17) is 0 Å². The van der Waals surface area contributed by atoms with Gasteiger partial charge in [-0.25, -0.2) is 0 Å². The summed E-state index contributed by atoms with van der Waals surface area (Å²) in [6, 6.07) is 20.2. The highest BCUT2D eigenvalue weighted by atomic mass is 15.2. The number of likely N-dealkylation sites (N-methyl/N-ethyl adjacent to an activating group) is 1. The molecule has 1 aliphatic rings. The number of fused-ring (bicyclic) bond motifs is 1. The summed E-state index contributed by atoms with van der Waals surface area (Å²) < 4.78 is 0. The average molecular weight is 280 g/mol. The topological polar surface area (TPSA) is 15.3 Å². The molecule has 2 heteroatoms. The highest BCUT2D eigenvalue weighted by Gasteiger charge is 2.22. The maximum atomic E-state index is 3.61. The summed E-state index contributed by atoms with van der Waals surface area (Å²) in [6.07, 6.45) is 2.34. The molecule has 3 rings (SSSR count). The fourth-order valence-electron chi connectivity index (χ4n) is 3.29. The molecule has 0 saturated heterocycles. The van der Waals surface area contributed by atoms with Crippen molar-refractivity contribution in [3.63, 3.8) is 0 Å². The first-order valence-corrected chi connectivity index (χ1v) is 7.97. The Morgan fingerprint density at radius 3 is 2.62 bits per heavy atom. The Balaban J connectivity index is 1.75. The molecule has 1 atom stereocenters. The van der Waals surface area contributed by atoms with Gasteiger partial charge in [0.2, 0.25) is 0 Å². The van der Waals surface area contributed by atoms with Gasteiger partial charge in [0, 0.05) is 31.4 Å². The van der Waals surface area contributed by atoms with Gasteiger partial charge < -0.3 is 10.2 Å². The zero-order chi connectivity index (χ0) is 14.5. The predicted molar refractivity (Wildman–Crippen MR) is 89.7 cm³/mol. The van der Waals surface area contributed by atoms with Crippen molar-refractivity contribution < 1.29 is 0 Å². The molecular weight excluding hydrogens is 256 g/mol. The van der Waals surface area contributed by atoms with Crippen molar-refractivity contribution in [1.82, 2.24) is 5.32 Å². The number of hydrogen-bond donors (Lipinski definition) is 1. The molecule has 0 fully saturated rings. The molecule has 0 bridgehead atoms. The van der Waals surface area contributed by atoms with E-state index in [2.05, 4.69) is 71.7 Å². The normalized spacial score (nSPS) is 18.1. The SMILES string of the molecule is CCN1c2ccccc2CNCC1CCc1ccccc1. The van der Waals surface area contributed by atoms with Crippen molar-refractivity contribution in [2.45, 2.75) is 32.4 Å². The van der Waals surface area contributed by atoms with Gasteiger partial charge in [-0.15, -0.1) is 0 Å². The highest BCUT2D eigenvalue weighted by Crippen LogP contribution is 2.26. The first-order chi connectivity index (χ1) is 10.4. The van der Waals surface area contributed by atoms with E-state index in [9.17, 15) is 0 Å². The van der Waals surface area contributed by atoms with Gasteiger partial charge in [-0.05, 0) is 37.0 Å². The van der Waals surface area contributed by atoms with Crippen LogP contribution in [0.3, 0.4) is 0 Å². The van der Waals surface area contributed by atoms with E-state index in [1.54, 1.807) is 0 Å². The minimum absolute atomic E-state index is 0.568. The van der Waals surface area contributed by atoms with Crippen LogP contribution in [0.25, 0.3) is 0 Å². The zero-order valence-corrected chi connectivity index (χ0v) is 12.8. The van der Waals surface area contributed by atoms with Crippen molar-refractivity contribution in [3.8, 4) is 0 Å². The van der Waals surface area contributed by atoms with Crippen LogP contribution in [0.5, 0.6) is 0 Å². The summed E-state index contributed by atoms with van der Waals surface area (Å²) in [5.74, 6) is 0. The van der Waals surface area contributed by atoms with Crippen LogP contribution in [0.15, 0.2) is 54.6 Å². The van der Waals surface area contributed by atoms with E-state index in [0.29, 0.717) is 6.04 Å². The Morgan fingerprint density at radius 1 is 1.05 bits per heavy atom. The second kappa shape index (κ2) is 6.77. The minimum Gasteiger partial charge on any atom is -0.367 e. The Morgan fingerprint density at radius 2 is 1.81 bits per heavy atom. The molecule has 0 aliphatic carbocycles. The average Bonchev–Trinajstić information content (AvgIpc) is 2.72. The molecule has 110 valence electrons. The van der Waals surface area contributed by atoms with Crippen LogP contribution in [-0.4, -0.2) is 19.1 Å². The molecular formula is C19H24N2. The van der Waals surface area contributed by atoms with Gasteiger partial charge in [-0.2, -0.15) is 0 Å². The summed E-state index contributed by atoms with van der Waals surface area (Å²) in [6.45, 7) is 5.37. The van der Waals surface area contributed by atoms with Crippen LogP contribution in [0.1, 0.15) is 24.5 Å². The van der Waals surface area contributed by atoms with E-state index in [-0.39, 0.29) is 0 Å². The number of anilines is 1. The van der Waals surface area contributed by atoms with Gasteiger partial charge >= 0.3 is 0 Å². The van der Waals surface area contributed by atoms with E-state index in [0.717, 1.165) is 26.1 Å². The number of nitrogens with zero attached hydrogens (tertiary/aromatic N) is 1. The molecule has 0 radical (unpaired) electrons. The van der Waals surface area contributed by atoms with E-state index >= 15 is 0 Å². The Bertz CT molecular complexity index is 565. The number of aryl methyl sites for hydroxylation is 1. The van der Waals surface area contributed by atoms with E-state index in [1.807, 2.05) is 0 Å². The monoisotopic (exact) mass is 280 g/mol. The fraction of sp³-hybridized carbons (Fsp3) is 0.368. The fourth-order valence-corrected chi connectivity index (χ4v) is 3.29. The summed E-state index contributed by atoms with van der Waals surface area (Å²) in [5, 5.41) is 3.61. The molecule has 1 unspecified atom stereocenters. The number of para-hydroxylation sites is 1. The number of rotatable bonds is 4. The van der Waals surface area contributed by atoms with Gasteiger partial charge in [-0.1, -0.05) is 48.5 Å². The lowest BCUT2D eigenvalue weighted by Gasteiger charge is -2.32. The predicted octanol–water partition coefficient (Wildman–Crippen LogP) is 3.62. The summed E-state index contributed by atoms with van der Waals surface area (Å²) >= 11 is 0. The number of benzene rings is 2. The van der Waals surface area contributed by atoms with Gasteiger partial charge in [0.15, 0.2) is 0 Å². The Kier molecular flexibility index (Phi) is 4.56. The molecule has 0 aromatic heterocycles. The molecule has 0 saturated carbocycles. The van der Waals surface area contributed by atoms with Crippen LogP contribution >= 0.6 is 0 Å². The smallest absolute Gasteiger partial charge is 0.0417 e. The third-order valence-corrected chi connectivity index (χ3v) is 4.39. The van der Waals surface area contributed by atoms with Crippen molar-refractivity contribution in [3.05, 3.63) is 65.7 Å². The molecule has 1 aliphatic heterocycles. The number of nitrogens with one attached hydrogen (secondary N) is 1. The first-order valence-electron chi connectivity index (χ1n) is 7.97. The molecule has 2 nitrogen and oxygen atoms in total. The summed E-state index contributed by atoms with van der Waals surface area (Å²) in [7, 11) is 0. The molecule has 21 heavy (non-hydrogen) atoms. The van der Waals surface area contributed by atoms with Crippen LogP contribution in [0, 0.1) is 0 Å². The number of hydrogen-bond acceptors (Lipinski definition) is 2. The molecule has 0 spiro atoms. The van der Waals surface area contributed by atoms with Gasteiger partial charge in [-0.3, -0.25) is 0 Å². The second-order valence-electron chi connectivity index (χ2n) is 5.72. The summed E-state index contributed by atoms with van der Waals surface area (Å²) in [5.41, 5.74) is 4.26. The Labute approximate surface area is 127 Å². The molecule has 0 amide bonds. The van der Waals surface area contributed by atoms with Crippen molar-refractivity contribution in [1.29, 1.82) is 0 Å². The Hall–Kier alpha value is -1.80. The lowest BCUT2D eigenvalue weighted by Crippen LogP contribution is -2.40. The second-order valence-corrected chi connectivity index (χ2v) is 5.72. The minimum atomic E-state index is 0.568. The zero-order valence-electron chi connectivity index (χ0n) is 12.8. The van der Waals surface area contributed by atoms with E-state index in [1.165, 1.54) is 23.2 Å². The highest BCUT2D eigenvalue weighted by molar-refractivity contribution is 5.55. The molecule has 2 aromatic rings. The largest absolute Gasteiger partial charge is 0.367 e. The maximum absolute atomic E-state index is 3.61. The van der Waals surface area contributed by atoms with Crippen LogP contribution in [0.2, 0.25) is 0 Å². The van der Waals surface area contributed by atoms with Gasteiger partial charge in [0.1, 0.15) is 0 Å². The van der Waals surface area contributed by atoms with E-state index < -0.39 is 0 Å². The van der Waals surface area contributed by atoms with Crippen LogP contribution < -0.4 is 10.2 Å². The van der Waals surface area contributed by atoms with Crippen molar-refractivity contribution in [2.75, 3.05) is 18.0 Å². The van der Waals surface area contributed by atoms with Crippen LogP contribution in [0.4, 0.5) is 5.69 Å². The van der Waals surface area contributed by atoms with Gasteiger partial charge in [0.05, 0.1) is 0 Å². The third kappa shape index (κ3) is 3.27. The molecule has 1 N–H and O–H groups in total. The molecule has 1 heterocycles. The third-order valence-electron chi connectivity index (χ3n) is 4.39. The standard InChI is InChI=1S/C19H24N2/c1-2-21-18(13-12-16-8-4-3-5-9-16)15-20-14-17-10-6-7-11-19(17)21/h3-11,18,20H,2,12-15H2,1H3. The quantitative estimate of drug-likeness (QED) is 0.920. The molecule has 2 aromatic carbocycles. The van der Waals surface area contributed by atoms with Crippen molar-refractivity contribution >= 4 is 5.69 Å². The van der Waals surface area contributed by atoms with Crippen molar-refractivity contribution in [2.24, 2.45) is 0 Å². The lowest BCUT2D eigenvalue weighted by molar-refractivity contribution is 0.524. The summed E-state index contributed by atoms with van der Waals surface area (Å²) in [4.78, 5) is 2.57. The van der Waals surface area contributed by atoms with Gasteiger partial charge in [0.25, 0.3) is 0 Å². The van der Waals surface area contributed by atoms with Crippen LogP contribution in [-0.2, 0) is 13.0 Å².